The third-order valence-electron chi connectivity index (χ3n) is 10.2. The molecule has 0 saturated heterocycles. The number of rotatable bonds is 4. The van der Waals surface area contributed by atoms with Gasteiger partial charge >= 0.3 is 5.97 Å². The maximum absolute atomic E-state index is 12.1. The molecule has 0 aromatic carbocycles. The lowest BCUT2D eigenvalue weighted by atomic mass is 9.43. The van der Waals surface area contributed by atoms with Gasteiger partial charge in [0.25, 0.3) is 0 Å². The maximum atomic E-state index is 12.1. The molecule has 164 valence electrons. The SMILES string of the molecule is C[C@H](CCC(=O)O)[C@H]1CC[C@H]2[C@@H]3[C@H](O)C[C@@H]4CC(=O)CC[C@]4(C)[C@H]3C[C@@H](O)[C@]12C. The number of aliphatic carboxylic acids is 1. The standard InChI is InChI=1S/C24H38O5/c1-13(4-7-21(28)29)16-5-6-17-22-18(12-20(27)24(16,17)3)23(2)9-8-15(25)10-14(23)11-19(22)26/h13-14,16-20,22,26-27H,4-12H2,1-3H3,(H,28,29)/t13-,14+,16-,17+,18+,19-,20-,22+,23+,24-/m1/s1. The van der Waals surface area contributed by atoms with Gasteiger partial charge in [-0.2, -0.15) is 0 Å². The van der Waals surface area contributed by atoms with Gasteiger partial charge in [0.05, 0.1) is 12.2 Å². The fraction of sp³-hybridized carbons (Fsp3) is 0.917. The minimum absolute atomic E-state index is 0.0348. The predicted molar refractivity (Wildman–Crippen MR) is 109 cm³/mol. The molecule has 3 N–H and O–H groups in total. The van der Waals surface area contributed by atoms with Gasteiger partial charge in [-0.25, -0.2) is 0 Å². The van der Waals surface area contributed by atoms with E-state index in [1.807, 2.05) is 0 Å². The first-order chi connectivity index (χ1) is 13.6. The fourth-order valence-electron chi connectivity index (χ4n) is 8.50. The van der Waals surface area contributed by atoms with Crippen molar-refractivity contribution < 1.29 is 24.9 Å². The Hall–Kier alpha value is -0.940. The van der Waals surface area contributed by atoms with Crippen LogP contribution in [0.5, 0.6) is 0 Å². The fourth-order valence-corrected chi connectivity index (χ4v) is 8.50. The van der Waals surface area contributed by atoms with Crippen LogP contribution in [0.1, 0.15) is 78.6 Å². The van der Waals surface area contributed by atoms with Gasteiger partial charge in [-0.3, -0.25) is 9.59 Å². The van der Waals surface area contributed by atoms with Crippen molar-refractivity contribution in [3.63, 3.8) is 0 Å². The summed E-state index contributed by atoms with van der Waals surface area (Å²) >= 11 is 0. The van der Waals surface area contributed by atoms with Gasteiger partial charge in [-0.05, 0) is 84.9 Å². The molecule has 5 heteroatoms. The number of carbonyl (C=O) groups is 2. The Kier molecular flexibility index (Phi) is 5.39. The Labute approximate surface area is 174 Å². The molecule has 0 radical (unpaired) electrons. The molecule has 0 heterocycles. The molecule has 0 bridgehead atoms. The highest BCUT2D eigenvalue weighted by Gasteiger charge is 2.65. The molecule has 0 aliphatic heterocycles. The summed E-state index contributed by atoms with van der Waals surface area (Å²) in [6.07, 6.45) is 5.56. The van der Waals surface area contributed by atoms with Crippen LogP contribution in [0.3, 0.4) is 0 Å². The first-order valence-corrected chi connectivity index (χ1v) is 11.7. The monoisotopic (exact) mass is 406 g/mol. The zero-order valence-electron chi connectivity index (χ0n) is 18.1. The second kappa shape index (κ2) is 7.33. The third-order valence-corrected chi connectivity index (χ3v) is 10.2. The van der Waals surface area contributed by atoms with Gasteiger partial charge in [-0.15, -0.1) is 0 Å². The summed E-state index contributed by atoms with van der Waals surface area (Å²) in [5, 5.41) is 31.8. The van der Waals surface area contributed by atoms with Crippen molar-refractivity contribution >= 4 is 11.8 Å². The lowest BCUT2D eigenvalue weighted by Crippen LogP contribution is -2.62. The van der Waals surface area contributed by atoms with Crippen LogP contribution < -0.4 is 0 Å². The van der Waals surface area contributed by atoms with E-state index in [-0.39, 0.29) is 46.8 Å². The molecule has 10 atom stereocenters. The molecular formula is C24H38O5. The molecule has 0 aromatic heterocycles. The van der Waals surface area contributed by atoms with Gasteiger partial charge in [0.15, 0.2) is 0 Å². The second-order valence-electron chi connectivity index (χ2n) is 11.2. The number of aliphatic hydroxyl groups is 2. The highest BCUT2D eigenvalue weighted by molar-refractivity contribution is 5.79. The summed E-state index contributed by atoms with van der Waals surface area (Å²) in [7, 11) is 0. The number of carboxylic acid groups (broad SMARTS) is 1. The molecular weight excluding hydrogens is 368 g/mol. The number of hydrogen-bond donors (Lipinski definition) is 3. The van der Waals surface area contributed by atoms with Crippen molar-refractivity contribution in [2.24, 2.45) is 46.3 Å². The summed E-state index contributed by atoms with van der Waals surface area (Å²) in [6.45, 7) is 6.66. The number of ketones is 1. The molecule has 0 unspecified atom stereocenters. The number of fused-ring (bicyclic) bond motifs is 5. The Bertz CT molecular complexity index is 676. The van der Waals surface area contributed by atoms with Crippen LogP contribution in [0.2, 0.25) is 0 Å². The molecule has 4 aliphatic carbocycles. The predicted octanol–water partition coefficient (Wildman–Crippen LogP) is 3.66. The number of carbonyl (C=O) groups excluding carboxylic acids is 1. The summed E-state index contributed by atoms with van der Waals surface area (Å²) in [4.78, 5) is 23.1. The van der Waals surface area contributed by atoms with E-state index in [1.165, 1.54) is 0 Å². The molecule has 0 spiro atoms. The van der Waals surface area contributed by atoms with Crippen molar-refractivity contribution in [1.29, 1.82) is 0 Å². The second-order valence-corrected chi connectivity index (χ2v) is 11.2. The van der Waals surface area contributed by atoms with Gasteiger partial charge in [-0.1, -0.05) is 20.8 Å². The summed E-state index contributed by atoms with van der Waals surface area (Å²) in [5.41, 5.74) is -0.221. The zero-order valence-corrected chi connectivity index (χ0v) is 18.1. The van der Waals surface area contributed by atoms with E-state index in [0.29, 0.717) is 43.8 Å². The van der Waals surface area contributed by atoms with Crippen LogP contribution >= 0.6 is 0 Å². The minimum atomic E-state index is -0.755. The van der Waals surface area contributed by atoms with Crippen LogP contribution in [0.15, 0.2) is 0 Å². The minimum Gasteiger partial charge on any atom is -0.481 e. The van der Waals surface area contributed by atoms with E-state index >= 15 is 0 Å². The zero-order chi connectivity index (χ0) is 21.1. The van der Waals surface area contributed by atoms with Gasteiger partial charge in [0, 0.05) is 19.3 Å². The average molecular weight is 407 g/mol. The van der Waals surface area contributed by atoms with E-state index in [1.54, 1.807) is 0 Å². The third kappa shape index (κ3) is 3.18. The highest BCUT2D eigenvalue weighted by Crippen LogP contribution is 2.68. The van der Waals surface area contributed by atoms with Crippen LogP contribution in [0.4, 0.5) is 0 Å². The molecule has 4 rings (SSSR count). The lowest BCUT2D eigenvalue weighted by Gasteiger charge is -2.63. The van der Waals surface area contributed by atoms with Gasteiger partial charge < -0.3 is 15.3 Å². The van der Waals surface area contributed by atoms with Crippen molar-refractivity contribution in [3.05, 3.63) is 0 Å². The first kappa shape index (κ1) is 21.3. The summed E-state index contributed by atoms with van der Waals surface area (Å²) in [6, 6.07) is 0. The van der Waals surface area contributed by atoms with Crippen LogP contribution in [-0.2, 0) is 9.59 Å². The Morgan fingerprint density at radius 1 is 1.17 bits per heavy atom. The quantitative estimate of drug-likeness (QED) is 0.662. The molecule has 5 nitrogen and oxygen atoms in total. The van der Waals surface area contributed by atoms with E-state index < -0.39 is 18.2 Å². The van der Waals surface area contributed by atoms with E-state index in [9.17, 15) is 19.8 Å². The van der Waals surface area contributed by atoms with Crippen molar-refractivity contribution in [3.8, 4) is 0 Å². The smallest absolute Gasteiger partial charge is 0.303 e. The van der Waals surface area contributed by atoms with Crippen LogP contribution in [0, 0.1) is 46.3 Å². The van der Waals surface area contributed by atoms with Crippen molar-refractivity contribution in [1.82, 2.24) is 0 Å². The lowest BCUT2D eigenvalue weighted by molar-refractivity contribution is -0.201. The number of Topliss-reactive ketones (excluding diaryl/α,β-unsaturated/α-hetero) is 1. The summed E-state index contributed by atoms with van der Waals surface area (Å²) < 4.78 is 0. The van der Waals surface area contributed by atoms with Crippen molar-refractivity contribution in [2.45, 2.75) is 90.8 Å². The normalized spacial score (nSPS) is 50.4. The van der Waals surface area contributed by atoms with Crippen molar-refractivity contribution in [2.75, 3.05) is 0 Å². The van der Waals surface area contributed by atoms with Gasteiger partial charge in [0.2, 0.25) is 0 Å². The molecule has 4 saturated carbocycles. The highest BCUT2D eigenvalue weighted by atomic mass is 16.4. The molecule has 29 heavy (non-hydrogen) atoms. The molecule has 0 amide bonds. The summed E-state index contributed by atoms with van der Waals surface area (Å²) in [5.74, 6) is 1.10. The topological polar surface area (TPSA) is 94.8 Å². The number of carboxylic acids is 1. The first-order valence-electron chi connectivity index (χ1n) is 11.7. The molecule has 0 aromatic rings. The Morgan fingerprint density at radius 3 is 2.59 bits per heavy atom. The van der Waals surface area contributed by atoms with E-state index in [2.05, 4.69) is 20.8 Å². The maximum Gasteiger partial charge on any atom is 0.303 e. The Balaban J connectivity index is 1.61. The average Bonchev–Trinajstić information content (AvgIpc) is 3.01. The molecule has 4 fully saturated rings. The van der Waals surface area contributed by atoms with E-state index in [0.717, 1.165) is 19.3 Å². The van der Waals surface area contributed by atoms with Crippen LogP contribution in [0.25, 0.3) is 0 Å². The van der Waals surface area contributed by atoms with Gasteiger partial charge in [0.1, 0.15) is 5.78 Å². The van der Waals surface area contributed by atoms with E-state index in [4.69, 9.17) is 5.11 Å². The Morgan fingerprint density at radius 2 is 1.90 bits per heavy atom. The molecule has 4 aliphatic rings. The number of aliphatic hydroxyl groups excluding tert-OH is 2. The number of hydrogen-bond acceptors (Lipinski definition) is 4. The van der Waals surface area contributed by atoms with Crippen LogP contribution in [-0.4, -0.2) is 39.3 Å². The largest absolute Gasteiger partial charge is 0.481 e.